The lowest BCUT2D eigenvalue weighted by atomic mass is 10.2. The van der Waals surface area contributed by atoms with E-state index in [9.17, 15) is 0 Å². The van der Waals surface area contributed by atoms with Crippen LogP contribution in [0.1, 0.15) is 11.3 Å². The van der Waals surface area contributed by atoms with Gasteiger partial charge in [-0.1, -0.05) is 18.3 Å². The maximum atomic E-state index is 5.66. The van der Waals surface area contributed by atoms with E-state index in [4.69, 9.17) is 18.0 Å². The molecule has 0 aliphatic carbocycles. The van der Waals surface area contributed by atoms with Crippen molar-refractivity contribution < 1.29 is 0 Å². The molecule has 1 heterocycles. The van der Waals surface area contributed by atoms with Gasteiger partial charge in [0.15, 0.2) is 0 Å². The quantitative estimate of drug-likeness (QED) is 0.754. The smallest absolute Gasteiger partial charge is 0.131 e. The highest BCUT2D eigenvalue weighted by Crippen LogP contribution is 2.32. The Balaban J connectivity index is 2.41. The largest absolute Gasteiger partial charge is 0.389 e. The van der Waals surface area contributed by atoms with Gasteiger partial charge in [0.2, 0.25) is 0 Å². The summed E-state index contributed by atoms with van der Waals surface area (Å²) in [6.45, 7) is 1.90. The third kappa shape index (κ3) is 3.52. The maximum Gasteiger partial charge on any atom is 0.131 e. The molecule has 0 fully saturated rings. The van der Waals surface area contributed by atoms with Gasteiger partial charge in [-0.3, -0.25) is 0 Å². The summed E-state index contributed by atoms with van der Waals surface area (Å²) in [6, 6.07) is 9.56. The van der Waals surface area contributed by atoms with Gasteiger partial charge in [-0.25, -0.2) is 4.98 Å². The Hall–Kier alpha value is -0.980. The molecular weight excluding hydrogens is 390 g/mol. The number of thiocarbonyl (C=S) groups is 1. The summed E-state index contributed by atoms with van der Waals surface area (Å²) in [5, 5.41) is 3.26. The Morgan fingerprint density at radius 2 is 1.89 bits per heavy atom. The molecule has 0 spiro atoms. The van der Waals surface area contributed by atoms with Crippen LogP contribution in [-0.4, -0.2) is 9.97 Å². The zero-order valence-electron chi connectivity index (χ0n) is 10.1. The van der Waals surface area contributed by atoms with E-state index in [1.165, 1.54) is 0 Å². The van der Waals surface area contributed by atoms with Gasteiger partial charge in [-0.15, -0.1) is 0 Å². The van der Waals surface area contributed by atoms with Crippen molar-refractivity contribution in [1.29, 1.82) is 0 Å². The normalized spacial score (nSPS) is 10.3. The zero-order chi connectivity index (χ0) is 14.0. The zero-order valence-corrected chi connectivity index (χ0v) is 14.1. The lowest BCUT2D eigenvalue weighted by molar-refractivity contribution is 1.19. The lowest BCUT2D eigenvalue weighted by Crippen LogP contribution is -2.11. The fourth-order valence-electron chi connectivity index (χ4n) is 1.62. The minimum atomic E-state index is 0.361. The molecule has 0 saturated heterocycles. The Bertz CT molecular complexity index is 624. The van der Waals surface area contributed by atoms with Gasteiger partial charge >= 0.3 is 0 Å². The first-order valence-corrected chi connectivity index (χ1v) is 7.46. The first-order valence-electron chi connectivity index (χ1n) is 5.47. The summed E-state index contributed by atoms with van der Waals surface area (Å²) < 4.78 is 1.89. The molecule has 0 saturated carbocycles. The molecular formula is C13H11Br2N3S. The number of nitrogens with zero attached hydrogens (tertiary/aromatic N) is 1. The standard InChI is InChI=1S/C13H11Br2N3S/c1-7-5-8(13(16)19)6-11(17-7)18-12-9(14)3-2-4-10(12)15/h2-6H,1H3,(H2,16,19)(H,17,18). The fourth-order valence-corrected chi connectivity index (χ4v) is 2.93. The molecule has 0 unspecified atom stereocenters. The lowest BCUT2D eigenvalue weighted by Gasteiger charge is -2.11. The van der Waals surface area contributed by atoms with Crippen LogP contribution < -0.4 is 11.1 Å². The summed E-state index contributed by atoms with van der Waals surface area (Å²) in [5.74, 6) is 0.704. The van der Waals surface area contributed by atoms with Crippen molar-refractivity contribution >= 4 is 60.6 Å². The highest BCUT2D eigenvalue weighted by molar-refractivity contribution is 9.11. The number of nitrogens with two attached hydrogens (primary N) is 1. The van der Waals surface area contributed by atoms with E-state index in [-0.39, 0.29) is 0 Å². The van der Waals surface area contributed by atoms with Crippen LogP contribution in [0.4, 0.5) is 11.5 Å². The number of benzene rings is 1. The molecule has 2 aromatic rings. The minimum absolute atomic E-state index is 0.361. The molecule has 0 atom stereocenters. The van der Waals surface area contributed by atoms with E-state index >= 15 is 0 Å². The van der Waals surface area contributed by atoms with Gasteiger partial charge in [0.05, 0.1) is 5.69 Å². The van der Waals surface area contributed by atoms with Crippen molar-refractivity contribution in [1.82, 2.24) is 4.98 Å². The average molecular weight is 401 g/mol. The highest BCUT2D eigenvalue weighted by Gasteiger charge is 2.07. The second-order valence-electron chi connectivity index (χ2n) is 3.97. The van der Waals surface area contributed by atoms with Crippen LogP contribution in [0.15, 0.2) is 39.3 Å². The van der Waals surface area contributed by atoms with E-state index in [0.29, 0.717) is 10.8 Å². The molecule has 3 N–H and O–H groups in total. The van der Waals surface area contributed by atoms with Crippen molar-refractivity contribution in [3.8, 4) is 0 Å². The third-order valence-electron chi connectivity index (χ3n) is 2.45. The molecule has 0 radical (unpaired) electrons. The van der Waals surface area contributed by atoms with Gasteiger partial charge in [-0.05, 0) is 63.0 Å². The van der Waals surface area contributed by atoms with E-state index in [0.717, 1.165) is 25.9 Å². The van der Waals surface area contributed by atoms with E-state index in [2.05, 4.69) is 42.2 Å². The Kier molecular flexibility index (Phi) is 4.54. The van der Waals surface area contributed by atoms with Crippen LogP contribution in [0, 0.1) is 6.92 Å². The number of pyridine rings is 1. The van der Waals surface area contributed by atoms with Crippen molar-refractivity contribution in [2.24, 2.45) is 5.73 Å². The SMILES string of the molecule is Cc1cc(C(N)=S)cc(Nc2c(Br)cccc2Br)n1. The first kappa shape index (κ1) is 14.4. The molecule has 0 aliphatic rings. The molecule has 0 aliphatic heterocycles. The van der Waals surface area contributed by atoms with Crippen LogP contribution in [0.3, 0.4) is 0 Å². The number of nitrogens with one attached hydrogen (secondary N) is 1. The molecule has 6 heteroatoms. The Morgan fingerprint density at radius 1 is 1.26 bits per heavy atom. The number of aromatic nitrogens is 1. The van der Waals surface area contributed by atoms with Gasteiger partial charge in [0.1, 0.15) is 10.8 Å². The predicted molar refractivity (Wildman–Crippen MR) is 90.0 cm³/mol. The first-order chi connectivity index (χ1) is 8.97. The molecule has 0 amide bonds. The number of hydrogen-bond donors (Lipinski definition) is 2. The summed E-state index contributed by atoms with van der Waals surface area (Å²) in [6.07, 6.45) is 0. The van der Waals surface area contributed by atoms with Crippen LogP contribution in [0.25, 0.3) is 0 Å². The molecule has 2 rings (SSSR count). The molecule has 0 bridgehead atoms. The van der Waals surface area contributed by atoms with Gasteiger partial charge in [-0.2, -0.15) is 0 Å². The Labute approximate surface area is 133 Å². The van der Waals surface area contributed by atoms with Crippen molar-refractivity contribution in [3.05, 3.63) is 50.5 Å². The molecule has 3 nitrogen and oxygen atoms in total. The summed E-state index contributed by atoms with van der Waals surface area (Å²) in [5.41, 5.74) is 8.23. The predicted octanol–water partition coefficient (Wildman–Crippen LogP) is 4.29. The average Bonchev–Trinajstić information content (AvgIpc) is 2.33. The number of halogens is 2. The summed E-state index contributed by atoms with van der Waals surface area (Å²) in [7, 11) is 0. The number of para-hydroxylation sites is 1. The Morgan fingerprint density at radius 3 is 2.47 bits per heavy atom. The van der Waals surface area contributed by atoms with Gasteiger partial charge < -0.3 is 11.1 Å². The van der Waals surface area contributed by atoms with E-state index < -0.39 is 0 Å². The third-order valence-corrected chi connectivity index (χ3v) is 4.01. The van der Waals surface area contributed by atoms with Crippen LogP contribution in [0.5, 0.6) is 0 Å². The summed E-state index contributed by atoms with van der Waals surface area (Å²) in [4.78, 5) is 4.79. The number of anilines is 2. The van der Waals surface area contributed by atoms with Crippen molar-refractivity contribution in [2.75, 3.05) is 5.32 Å². The number of aryl methyl sites for hydroxylation is 1. The van der Waals surface area contributed by atoms with Crippen molar-refractivity contribution in [3.63, 3.8) is 0 Å². The monoisotopic (exact) mass is 399 g/mol. The van der Waals surface area contributed by atoms with Crippen LogP contribution >= 0.6 is 44.1 Å². The number of hydrogen-bond acceptors (Lipinski definition) is 3. The maximum absolute atomic E-state index is 5.66. The summed E-state index contributed by atoms with van der Waals surface area (Å²) >= 11 is 12.0. The molecule has 1 aromatic carbocycles. The second kappa shape index (κ2) is 5.98. The van der Waals surface area contributed by atoms with Gasteiger partial charge in [0.25, 0.3) is 0 Å². The van der Waals surface area contributed by atoms with Crippen LogP contribution in [0.2, 0.25) is 0 Å². The highest BCUT2D eigenvalue weighted by atomic mass is 79.9. The number of rotatable bonds is 3. The van der Waals surface area contributed by atoms with E-state index in [1.807, 2.05) is 37.3 Å². The van der Waals surface area contributed by atoms with Crippen molar-refractivity contribution in [2.45, 2.75) is 6.92 Å². The molecule has 19 heavy (non-hydrogen) atoms. The second-order valence-corrected chi connectivity index (χ2v) is 6.12. The molecule has 1 aromatic heterocycles. The van der Waals surface area contributed by atoms with Crippen LogP contribution in [-0.2, 0) is 0 Å². The molecule has 98 valence electrons. The van der Waals surface area contributed by atoms with E-state index in [1.54, 1.807) is 0 Å². The fraction of sp³-hybridized carbons (Fsp3) is 0.0769. The van der Waals surface area contributed by atoms with Gasteiger partial charge in [0, 0.05) is 20.2 Å². The topological polar surface area (TPSA) is 50.9 Å². The minimum Gasteiger partial charge on any atom is -0.389 e.